The smallest absolute Gasteiger partial charge is 0.410 e. The summed E-state index contributed by atoms with van der Waals surface area (Å²) in [6, 6.07) is 23.8. The van der Waals surface area contributed by atoms with Gasteiger partial charge in [0.15, 0.2) is 0 Å². The molecule has 452 valence electrons. The lowest BCUT2D eigenvalue weighted by Crippen LogP contribution is -2.56. The van der Waals surface area contributed by atoms with Gasteiger partial charge in [-0.3, -0.25) is 14.5 Å². The second-order valence-electron chi connectivity index (χ2n) is 23.9. The first-order chi connectivity index (χ1) is 40.9. The number of likely N-dealkylation sites (N-methyl/N-ethyl adjacent to an activating group) is 1. The molecule has 3 aromatic carbocycles. The number of fused-ring (bicyclic) bond motifs is 2. The molecule has 0 radical (unpaired) electrons. The number of hydrogen-bond donors (Lipinski definition) is 2. The summed E-state index contributed by atoms with van der Waals surface area (Å²) in [4.78, 5) is 66.9. The summed E-state index contributed by atoms with van der Waals surface area (Å²) in [5.41, 5.74) is 7.45. The minimum Gasteiger partial charge on any atom is -0.491 e. The molecular weight excluding hydrogens is 1100 g/mol. The Morgan fingerprint density at radius 1 is 0.906 bits per heavy atom. The number of benzene rings is 3. The van der Waals surface area contributed by atoms with Gasteiger partial charge in [0.25, 0.3) is 0 Å². The van der Waals surface area contributed by atoms with Crippen molar-refractivity contribution < 1.29 is 47.7 Å². The van der Waals surface area contributed by atoms with Crippen molar-refractivity contribution in [1.82, 2.24) is 40.1 Å². The summed E-state index contributed by atoms with van der Waals surface area (Å²) in [5.74, 6) is 0.341. The van der Waals surface area contributed by atoms with E-state index in [0.717, 1.165) is 57.4 Å². The minimum absolute atomic E-state index is 0.0355. The van der Waals surface area contributed by atoms with Crippen molar-refractivity contribution in [3.8, 4) is 28.3 Å². The van der Waals surface area contributed by atoms with Crippen LogP contribution in [0.2, 0.25) is 0 Å². The predicted octanol–water partition coefficient (Wildman–Crippen LogP) is 7.84. The summed E-state index contributed by atoms with van der Waals surface area (Å²) in [6.45, 7) is 18.3. The number of aliphatic hydroxyl groups is 1. The first kappa shape index (κ1) is 60.7. The van der Waals surface area contributed by atoms with E-state index in [0.29, 0.717) is 82.8 Å². The lowest BCUT2D eigenvalue weighted by atomic mass is 9.91. The number of aromatic nitrogens is 4. The summed E-state index contributed by atoms with van der Waals surface area (Å²) in [7, 11) is 2.07. The van der Waals surface area contributed by atoms with Gasteiger partial charge in [-0.1, -0.05) is 67.5 Å². The molecule has 3 amide bonds. The second kappa shape index (κ2) is 26.9. The topological polar surface area (TPSA) is 234 Å². The highest BCUT2D eigenvalue weighted by molar-refractivity contribution is 7.13. The molecule has 10 rings (SSSR count). The van der Waals surface area contributed by atoms with Gasteiger partial charge in [-0.25, -0.2) is 9.78 Å². The predicted molar refractivity (Wildman–Crippen MR) is 322 cm³/mol. The number of ether oxygens (including phenoxy) is 5. The molecule has 0 aliphatic carbocycles. The normalized spacial score (nSPS) is 20.4. The van der Waals surface area contributed by atoms with E-state index in [1.54, 1.807) is 23.4 Å². The van der Waals surface area contributed by atoms with Crippen LogP contribution in [-0.4, -0.2) is 173 Å². The van der Waals surface area contributed by atoms with E-state index in [1.807, 2.05) is 59.7 Å². The van der Waals surface area contributed by atoms with Crippen molar-refractivity contribution in [3.63, 3.8) is 0 Å². The van der Waals surface area contributed by atoms with Crippen molar-refractivity contribution >= 4 is 51.5 Å². The van der Waals surface area contributed by atoms with Crippen LogP contribution >= 0.6 is 11.3 Å². The molecule has 3 saturated heterocycles. The van der Waals surface area contributed by atoms with Crippen LogP contribution in [0.15, 0.2) is 76.8 Å². The van der Waals surface area contributed by atoms with Gasteiger partial charge in [-0.2, -0.15) is 15.2 Å². The molecule has 22 heteroatoms. The maximum absolute atomic E-state index is 14.0. The van der Waals surface area contributed by atoms with Crippen LogP contribution in [0.5, 0.6) is 11.8 Å². The first-order valence-electron chi connectivity index (χ1n) is 29.5. The molecule has 7 heterocycles. The van der Waals surface area contributed by atoms with E-state index < -0.39 is 29.8 Å². The fourth-order valence-corrected chi connectivity index (χ4v) is 12.8. The molecule has 0 spiro atoms. The lowest BCUT2D eigenvalue weighted by Gasteiger charge is -2.42. The zero-order valence-corrected chi connectivity index (χ0v) is 50.8. The number of piperazine rings is 1. The maximum Gasteiger partial charge on any atom is 0.410 e. The number of aryl methyl sites for hydroxylation is 2. The van der Waals surface area contributed by atoms with Gasteiger partial charge in [0.2, 0.25) is 11.8 Å². The maximum atomic E-state index is 14.0. The van der Waals surface area contributed by atoms with E-state index in [-0.39, 0.29) is 74.5 Å². The van der Waals surface area contributed by atoms with E-state index >= 15 is 0 Å². The number of carbonyl (C=O) groups excluding carboxylic acids is 3. The molecule has 4 aliphatic rings. The number of nitrogens with zero attached hydrogens (tertiary/aromatic N) is 10. The van der Waals surface area contributed by atoms with E-state index in [2.05, 4.69) is 85.7 Å². The zero-order valence-electron chi connectivity index (χ0n) is 50.0. The van der Waals surface area contributed by atoms with Gasteiger partial charge in [-0.15, -0.1) is 11.3 Å². The number of aliphatic hydroxyl groups excluding tert-OH is 1. The van der Waals surface area contributed by atoms with Crippen molar-refractivity contribution in [1.29, 1.82) is 5.26 Å². The molecule has 85 heavy (non-hydrogen) atoms. The molecule has 2 N–H and O–H groups in total. The highest BCUT2D eigenvalue weighted by Gasteiger charge is 2.44. The number of amides is 3. The van der Waals surface area contributed by atoms with Crippen LogP contribution < -0.4 is 24.6 Å². The summed E-state index contributed by atoms with van der Waals surface area (Å²) in [6.07, 6.45) is 0.398. The van der Waals surface area contributed by atoms with Crippen LogP contribution in [0.25, 0.3) is 21.2 Å². The Morgan fingerprint density at radius 3 is 2.48 bits per heavy atom. The van der Waals surface area contributed by atoms with Crippen molar-refractivity contribution in [2.24, 2.45) is 5.92 Å². The Labute approximate surface area is 501 Å². The number of thiazole rings is 1. The number of nitrogens with one attached hydrogen (secondary N) is 1. The Morgan fingerprint density at radius 2 is 1.72 bits per heavy atom. The molecule has 0 unspecified atom stereocenters. The fourth-order valence-electron chi connectivity index (χ4n) is 12.0. The van der Waals surface area contributed by atoms with E-state index in [1.165, 1.54) is 27.0 Å². The van der Waals surface area contributed by atoms with Gasteiger partial charge in [0.05, 0.1) is 84.6 Å². The van der Waals surface area contributed by atoms with E-state index in [9.17, 15) is 24.8 Å². The Bertz CT molecular complexity index is 3350. The SMILES string of the molecule is Cc1cc([C@@H](C(=O)N2C[C@H](O)C[C@H]2C(=O)NCc2ccc(-c3scnc3C)cc2OCCOCCO[C@@H]2C[C@@H](COc3nc4c(c(N5CCN(C(=O)OC(C)(C)C)[C@@H](CC#N)C5)n3)CCN(c3cccc5ccccc35)C4)N(C)C2)C(C)C)on1. The Hall–Kier alpha value is -7.42. The van der Waals surface area contributed by atoms with Crippen molar-refractivity contribution in [3.05, 3.63) is 106 Å². The largest absolute Gasteiger partial charge is 0.491 e. The third-order valence-corrected chi connectivity index (χ3v) is 17.2. The van der Waals surface area contributed by atoms with Crippen molar-refractivity contribution in [2.75, 3.05) is 89.2 Å². The number of carbonyl (C=O) groups is 3. The quantitative estimate of drug-likeness (QED) is 0.0653. The van der Waals surface area contributed by atoms with E-state index in [4.69, 9.17) is 38.2 Å². The molecule has 6 aromatic rings. The van der Waals surface area contributed by atoms with Crippen molar-refractivity contribution in [2.45, 2.75) is 129 Å². The molecule has 4 aliphatic heterocycles. The highest BCUT2D eigenvalue weighted by Crippen LogP contribution is 2.37. The average Bonchev–Trinajstić information content (AvgIpc) is 3.96. The monoisotopic (exact) mass is 1180 g/mol. The molecular formula is C63H79N11O10S. The molecule has 0 saturated carbocycles. The van der Waals surface area contributed by atoms with Gasteiger partial charge >= 0.3 is 12.1 Å². The summed E-state index contributed by atoms with van der Waals surface area (Å²) >= 11 is 1.54. The number of hydrogen-bond acceptors (Lipinski definition) is 19. The Kier molecular flexibility index (Phi) is 19.2. The second-order valence-corrected chi connectivity index (χ2v) is 24.8. The number of likely N-dealkylation sites (tertiary alicyclic amines) is 2. The molecule has 0 bridgehead atoms. The third-order valence-electron chi connectivity index (χ3n) is 16.3. The summed E-state index contributed by atoms with van der Waals surface area (Å²) in [5, 5.41) is 30.0. The number of rotatable bonds is 21. The number of nitriles is 1. The average molecular weight is 1180 g/mol. The van der Waals surface area contributed by atoms with Gasteiger partial charge < -0.3 is 58.2 Å². The van der Waals surface area contributed by atoms with Crippen LogP contribution in [0, 0.1) is 31.1 Å². The number of β-amino-alcohol motifs (C(OH)–C–C–N with tert-alkyl or cyclic N) is 1. The fraction of sp³-hybridized carbons (Fsp3) is 0.524. The Balaban J connectivity index is 0.736. The molecule has 3 aromatic heterocycles. The highest BCUT2D eigenvalue weighted by atomic mass is 32.1. The van der Waals surface area contributed by atoms with Crippen LogP contribution in [0.3, 0.4) is 0 Å². The minimum atomic E-state index is -0.867. The summed E-state index contributed by atoms with van der Waals surface area (Å²) < 4.78 is 36.6. The first-order valence-corrected chi connectivity index (χ1v) is 30.4. The van der Waals surface area contributed by atoms with Gasteiger partial charge in [0, 0.05) is 86.5 Å². The standard InChI is InChI=1S/C63H79N11O10S/c1-39(2)56(55-28-40(3)69-84-55)60(77)74-34-47(75)31-53(74)59(76)65-32-44-17-16-43(57-41(4)66-38-85-57)29-54(44)81-27-25-79-24-26-80-48-30-46(70(8)35-48)37-82-61-67-51-36-71(52-15-11-13-42-12-9-10-14-49(42)52)21-19-50(51)58(68-61)72-22-23-73(45(33-72)18-20-64)62(78)83-63(5,6)7/h9-17,28-29,38-39,45-48,53,56,75H,18-19,21-27,30-37H2,1-8H3,(H,65,76)/t45-,46-,47+,48+,53-,56-/m0/s1. The zero-order chi connectivity index (χ0) is 59.9. The lowest BCUT2D eigenvalue weighted by molar-refractivity contribution is -0.141. The molecule has 3 fully saturated rings. The van der Waals surface area contributed by atoms with Crippen LogP contribution in [0.1, 0.15) is 93.8 Å². The third kappa shape index (κ3) is 14.5. The van der Waals surface area contributed by atoms with Crippen LogP contribution in [0.4, 0.5) is 16.3 Å². The molecule has 21 nitrogen and oxygen atoms in total. The molecule has 6 atom stereocenters. The van der Waals surface area contributed by atoms with Crippen LogP contribution in [-0.2, 0) is 43.3 Å². The number of anilines is 2. The van der Waals surface area contributed by atoms with Gasteiger partial charge in [0.1, 0.15) is 48.1 Å². The van der Waals surface area contributed by atoms with Gasteiger partial charge in [-0.05, 0) is 83.5 Å².